The van der Waals surface area contributed by atoms with Gasteiger partial charge in [-0.05, 0) is 24.3 Å². The molecule has 2 aromatic carbocycles. The summed E-state index contributed by atoms with van der Waals surface area (Å²) >= 11 is 0. The van der Waals surface area contributed by atoms with Crippen molar-refractivity contribution in [1.29, 1.82) is 0 Å². The van der Waals surface area contributed by atoms with Gasteiger partial charge in [0.1, 0.15) is 0 Å². The van der Waals surface area contributed by atoms with Crippen LogP contribution >= 0.6 is 0 Å². The van der Waals surface area contributed by atoms with Crippen molar-refractivity contribution in [2.45, 2.75) is 0 Å². The Bertz CT molecular complexity index is 675. The van der Waals surface area contributed by atoms with Crippen LogP contribution in [-0.2, 0) is 16.8 Å². The Morgan fingerprint density at radius 2 is 0.548 bits per heavy atom. The van der Waals surface area contributed by atoms with Crippen molar-refractivity contribution in [2.24, 2.45) is 0 Å². The molecule has 0 saturated carbocycles. The van der Waals surface area contributed by atoms with E-state index in [1.807, 2.05) is 0 Å². The molecular formula is C16H24CoO14. The normalized spacial score (nSPS) is 7.23. The van der Waals surface area contributed by atoms with E-state index in [9.17, 15) is 19.2 Å². The van der Waals surface area contributed by atoms with Crippen LogP contribution in [0.25, 0.3) is 0 Å². The van der Waals surface area contributed by atoms with Crippen LogP contribution < -0.4 is 0 Å². The summed E-state index contributed by atoms with van der Waals surface area (Å²) in [7, 11) is 0. The molecule has 0 amide bonds. The first kappa shape index (κ1) is 46.0. The summed E-state index contributed by atoms with van der Waals surface area (Å²) in [5.41, 5.74) is -0.759. The molecule has 2 rings (SSSR count). The summed E-state index contributed by atoms with van der Waals surface area (Å²) in [5.74, 6) is -4.91. The fourth-order valence-corrected chi connectivity index (χ4v) is 1.71. The summed E-state index contributed by atoms with van der Waals surface area (Å²) in [5, 5.41) is 34.2. The van der Waals surface area contributed by atoms with Gasteiger partial charge in [-0.3, -0.25) is 0 Å². The minimum Gasteiger partial charge on any atom is -0.478 e. The smallest absolute Gasteiger partial charge is 0.336 e. The molecular weight excluding hydrogens is 475 g/mol. The largest absolute Gasteiger partial charge is 0.478 e. The molecule has 16 N–H and O–H groups in total. The van der Waals surface area contributed by atoms with E-state index in [0.29, 0.717) is 0 Å². The standard InChI is InChI=1S/2C8H6O4.Co.6H2O/c2*9-7(10)5-3-1-2-4-6(5)8(11)12;;;;;;;/h2*1-4H,(H,9,10)(H,11,12);;6*1H2. The first-order chi connectivity index (χ1) is 11.3. The summed E-state index contributed by atoms with van der Waals surface area (Å²) < 4.78 is 0. The minimum absolute atomic E-state index is 0. The summed E-state index contributed by atoms with van der Waals surface area (Å²) in [6.45, 7) is 0. The van der Waals surface area contributed by atoms with Crippen molar-refractivity contribution < 1.29 is 89.2 Å². The van der Waals surface area contributed by atoms with Crippen molar-refractivity contribution in [2.75, 3.05) is 0 Å². The third kappa shape index (κ3) is 13.4. The van der Waals surface area contributed by atoms with E-state index in [0.717, 1.165) is 0 Å². The van der Waals surface area contributed by atoms with Crippen LogP contribution in [0.15, 0.2) is 48.5 Å². The number of rotatable bonds is 4. The van der Waals surface area contributed by atoms with E-state index < -0.39 is 23.9 Å². The van der Waals surface area contributed by atoms with E-state index in [1.54, 1.807) is 0 Å². The van der Waals surface area contributed by atoms with Crippen LogP contribution in [0.1, 0.15) is 41.4 Å². The molecule has 0 aliphatic rings. The van der Waals surface area contributed by atoms with Gasteiger partial charge < -0.3 is 53.3 Å². The van der Waals surface area contributed by atoms with Gasteiger partial charge in [0, 0.05) is 16.8 Å². The Kier molecular flexibility index (Phi) is 31.6. The van der Waals surface area contributed by atoms with Gasteiger partial charge in [-0.1, -0.05) is 24.3 Å². The average Bonchev–Trinajstić information content (AvgIpc) is 2.55. The van der Waals surface area contributed by atoms with Crippen molar-refractivity contribution in [3.05, 3.63) is 70.8 Å². The molecule has 0 saturated heterocycles. The van der Waals surface area contributed by atoms with Gasteiger partial charge in [-0.2, -0.15) is 0 Å². The molecule has 0 aromatic heterocycles. The summed E-state index contributed by atoms with van der Waals surface area (Å²) in [4.78, 5) is 41.9. The minimum atomic E-state index is -1.23. The number of aromatic carboxylic acids is 4. The van der Waals surface area contributed by atoms with E-state index in [2.05, 4.69) is 0 Å². The topological polar surface area (TPSA) is 338 Å². The maximum absolute atomic E-state index is 10.5. The molecule has 0 aliphatic carbocycles. The molecule has 31 heavy (non-hydrogen) atoms. The zero-order valence-corrected chi connectivity index (χ0v) is 16.4. The molecule has 1 radical (unpaired) electrons. The molecule has 0 atom stereocenters. The number of hydrogen-bond acceptors (Lipinski definition) is 4. The quantitative estimate of drug-likeness (QED) is 0.340. The third-order valence-electron chi connectivity index (χ3n) is 2.78. The monoisotopic (exact) mass is 499 g/mol. The molecule has 15 heteroatoms. The Hall–Kier alpha value is -3.41. The Balaban J connectivity index is -0.0000000606. The molecule has 14 nitrogen and oxygen atoms in total. The predicted molar refractivity (Wildman–Crippen MR) is 102 cm³/mol. The maximum Gasteiger partial charge on any atom is 0.336 e. The zero-order chi connectivity index (χ0) is 18.3. The van der Waals surface area contributed by atoms with Crippen molar-refractivity contribution in [3.8, 4) is 0 Å². The SMILES string of the molecule is O.O.O.O.O.O.O=C(O)c1ccccc1C(=O)O.O=C(O)c1ccccc1C(=O)O.[Co]. The van der Waals surface area contributed by atoms with E-state index in [4.69, 9.17) is 20.4 Å². The Morgan fingerprint density at radius 1 is 0.419 bits per heavy atom. The molecule has 181 valence electrons. The third-order valence-corrected chi connectivity index (χ3v) is 2.78. The number of benzene rings is 2. The molecule has 0 fully saturated rings. The first-order valence-corrected chi connectivity index (χ1v) is 6.37. The van der Waals surface area contributed by atoms with Crippen molar-refractivity contribution >= 4 is 23.9 Å². The van der Waals surface area contributed by atoms with Gasteiger partial charge in [0.15, 0.2) is 0 Å². The maximum atomic E-state index is 10.5. The molecule has 0 spiro atoms. The predicted octanol–water partition coefficient (Wildman–Crippen LogP) is -2.78. The van der Waals surface area contributed by atoms with Gasteiger partial charge in [-0.15, -0.1) is 0 Å². The Morgan fingerprint density at radius 3 is 0.645 bits per heavy atom. The second kappa shape index (κ2) is 21.3. The van der Waals surface area contributed by atoms with Gasteiger partial charge in [0.05, 0.1) is 22.3 Å². The number of carboxylic acid groups (broad SMARTS) is 4. The van der Waals surface area contributed by atoms with E-state index in [-0.39, 0.29) is 71.9 Å². The van der Waals surface area contributed by atoms with Crippen molar-refractivity contribution in [1.82, 2.24) is 0 Å². The second-order valence-electron chi connectivity index (χ2n) is 4.31. The summed E-state index contributed by atoms with van der Waals surface area (Å²) in [6.07, 6.45) is 0. The van der Waals surface area contributed by atoms with Crippen LogP contribution in [0, 0.1) is 0 Å². The zero-order valence-electron chi connectivity index (χ0n) is 15.4. The van der Waals surface area contributed by atoms with Crippen LogP contribution in [-0.4, -0.2) is 77.2 Å². The molecule has 0 bridgehead atoms. The van der Waals surface area contributed by atoms with Gasteiger partial charge in [-0.25, -0.2) is 19.2 Å². The van der Waals surface area contributed by atoms with Gasteiger partial charge in [0.2, 0.25) is 0 Å². The van der Waals surface area contributed by atoms with Gasteiger partial charge >= 0.3 is 23.9 Å². The molecule has 0 aliphatic heterocycles. The molecule has 2 aromatic rings. The average molecular weight is 499 g/mol. The number of carbonyl (C=O) groups is 4. The molecule has 0 heterocycles. The molecule has 0 unspecified atom stereocenters. The van der Waals surface area contributed by atoms with Gasteiger partial charge in [0.25, 0.3) is 0 Å². The number of carboxylic acids is 4. The van der Waals surface area contributed by atoms with Crippen molar-refractivity contribution in [3.63, 3.8) is 0 Å². The van der Waals surface area contributed by atoms with E-state index in [1.165, 1.54) is 48.5 Å². The summed E-state index contributed by atoms with van der Waals surface area (Å²) in [6, 6.07) is 11.0. The fourth-order valence-electron chi connectivity index (χ4n) is 1.71. The second-order valence-corrected chi connectivity index (χ2v) is 4.31. The fraction of sp³-hybridized carbons (Fsp3) is 0. The van der Waals surface area contributed by atoms with Crippen LogP contribution in [0.2, 0.25) is 0 Å². The van der Waals surface area contributed by atoms with Crippen LogP contribution in [0.5, 0.6) is 0 Å². The first-order valence-electron chi connectivity index (χ1n) is 6.37. The van der Waals surface area contributed by atoms with Crippen LogP contribution in [0.3, 0.4) is 0 Å². The van der Waals surface area contributed by atoms with E-state index >= 15 is 0 Å². The number of hydrogen-bond donors (Lipinski definition) is 4. The Labute approximate surface area is 184 Å². The van der Waals surface area contributed by atoms with Crippen LogP contribution in [0.4, 0.5) is 0 Å².